The Kier molecular flexibility index (Phi) is 7.05. The number of ether oxygens (including phenoxy) is 1. The Hall–Kier alpha value is -3.64. The van der Waals surface area contributed by atoms with E-state index in [1.807, 2.05) is 77.7 Å². The number of benzene rings is 3. The number of methoxy groups -OCH3 is 1. The molecule has 0 unspecified atom stereocenters. The van der Waals surface area contributed by atoms with Gasteiger partial charge in [0.05, 0.1) is 13.0 Å². The molecule has 0 aromatic heterocycles. The minimum Gasteiger partial charge on any atom is -0.508 e. The fourth-order valence-corrected chi connectivity index (χ4v) is 4.47. The molecule has 0 aliphatic carbocycles. The first-order chi connectivity index (χ1) is 16.0. The molecule has 6 nitrogen and oxygen atoms in total. The number of hydrogen-bond acceptors (Lipinski definition) is 5. The molecule has 1 heterocycles. The molecule has 1 aliphatic heterocycles. The van der Waals surface area contributed by atoms with E-state index in [0.717, 1.165) is 16.7 Å². The molecule has 1 aliphatic rings. The summed E-state index contributed by atoms with van der Waals surface area (Å²) in [5, 5.41) is 12.7. The fourth-order valence-electron chi connectivity index (χ4n) is 4.47. The number of phenols is 1. The molecule has 0 bridgehead atoms. The van der Waals surface area contributed by atoms with Crippen LogP contribution in [0.5, 0.6) is 5.75 Å². The van der Waals surface area contributed by atoms with Gasteiger partial charge in [-0.15, -0.1) is 0 Å². The number of amides is 1. The average molecular weight is 445 g/mol. The van der Waals surface area contributed by atoms with Crippen molar-refractivity contribution in [1.29, 1.82) is 0 Å². The number of aromatic hydroxyl groups is 1. The van der Waals surface area contributed by atoms with Gasteiger partial charge in [0.15, 0.2) is 0 Å². The van der Waals surface area contributed by atoms with Crippen LogP contribution >= 0.6 is 0 Å². The maximum Gasteiger partial charge on any atom is 0.323 e. The number of phenolic OH excluding ortho intramolecular Hbond substituents is 1. The van der Waals surface area contributed by atoms with Gasteiger partial charge >= 0.3 is 5.97 Å². The minimum absolute atomic E-state index is 0.0903. The zero-order valence-electron chi connectivity index (χ0n) is 18.6. The van der Waals surface area contributed by atoms with Gasteiger partial charge in [-0.2, -0.15) is 0 Å². The van der Waals surface area contributed by atoms with Crippen LogP contribution in [0.3, 0.4) is 0 Å². The number of hydrogen-bond donors (Lipinski definition) is 2. The summed E-state index contributed by atoms with van der Waals surface area (Å²) in [6.07, 6.45) is 0.479. The van der Waals surface area contributed by atoms with Crippen LogP contribution in [-0.4, -0.2) is 47.6 Å². The van der Waals surface area contributed by atoms with E-state index < -0.39 is 12.0 Å². The van der Waals surface area contributed by atoms with Gasteiger partial charge in [-0.05, 0) is 35.2 Å². The normalized spacial score (nSPS) is 18.2. The Morgan fingerprint density at radius 2 is 1.55 bits per heavy atom. The molecule has 2 N–H and O–H groups in total. The minimum atomic E-state index is -0.444. The van der Waals surface area contributed by atoms with E-state index in [1.54, 1.807) is 12.1 Å². The zero-order chi connectivity index (χ0) is 23.2. The first-order valence-corrected chi connectivity index (χ1v) is 11.0. The summed E-state index contributed by atoms with van der Waals surface area (Å²) >= 11 is 0. The lowest BCUT2D eigenvalue weighted by atomic mass is 9.90. The molecule has 1 saturated heterocycles. The highest BCUT2D eigenvalue weighted by Gasteiger charge is 2.39. The molecular weight excluding hydrogens is 416 g/mol. The predicted molar refractivity (Wildman–Crippen MR) is 126 cm³/mol. The zero-order valence-corrected chi connectivity index (χ0v) is 18.6. The summed E-state index contributed by atoms with van der Waals surface area (Å²) in [7, 11) is 1.38. The second-order valence-electron chi connectivity index (χ2n) is 8.33. The van der Waals surface area contributed by atoms with E-state index in [9.17, 15) is 14.7 Å². The molecule has 0 saturated carbocycles. The molecule has 2 atom stereocenters. The summed E-state index contributed by atoms with van der Waals surface area (Å²) in [4.78, 5) is 28.0. The van der Waals surface area contributed by atoms with Crippen LogP contribution in [0.2, 0.25) is 0 Å². The van der Waals surface area contributed by atoms with Gasteiger partial charge in [-0.3, -0.25) is 14.5 Å². The SMILES string of the molecule is COC(=O)[C@@H]1C[C@@H](NC(=O)C(c2ccccc2)c2ccccc2)CN1Cc1ccc(O)cc1. The van der Waals surface area contributed by atoms with Gasteiger partial charge < -0.3 is 15.2 Å². The van der Waals surface area contributed by atoms with Crippen molar-refractivity contribution in [3.8, 4) is 5.75 Å². The lowest BCUT2D eigenvalue weighted by Gasteiger charge is -2.22. The van der Waals surface area contributed by atoms with Crippen LogP contribution in [0.15, 0.2) is 84.9 Å². The number of nitrogens with zero attached hydrogens (tertiary/aromatic N) is 1. The lowest BCUT2D eigenvalue weighted by Crippen LogP contribution is -2.40. The van der Waals surface area contributed by atoms with E-state index in [2.05, 4.69) is 5.32 Å². The van der Waals surface area contributed by atoms with E-state index >= 15 is 0 Å². The monoisotopic (exact) mass is 444 g/mol. The number of carbonyl (C=O) groups excluding carboxylic acids is 2. The predicted octanol–water partition coefficient (Wildman–Crippen LogP) is 3.46. The van der Waals surface area contributed by atoms with Crippen molar-refractivity contribution in [3.05, 3.63) is 102 Å². The van der Waals surface area contributed by atoms with Crippen LogP contribution in [0, 0.1) is 0 Å². The quantitative estimate of drug-likeness (QED) is 0.546. The number of carbonyl (C=O) groups is 2. The Morgan fingerprint density at radius 3 is 2.09 bits per heavy atom. The Bertz CT molecular complexity index is 1030. The van der Waals surface area contributed by atoms with Crippen LogP contribution in [0.4, 0.5) is 0 Å². The van der Waals surface area contributed by atoms with Gasteiger partial charge in [0.2, 0.25) is 5.91 Å². The summed E-state index contributed by atoms with van der Waals surface area (Å²) in [5.74, 6) is -0.640. The summed E-state index contributed by atoms with van der Waals surface area (Å²) in [6.45, 7) is 1.05. The topological polar surface area (TPSA) is 78.9 Å². The second kappa shape index (κ2) is 10.3. The molecule has 1 fully saturated rings. The summed E-state index contributed by atoms with van der Waals surface area (Å²) in [6, 6.07) is 25.7. The van der Waals surface area contributed by atoms with E-state index in [-0.39, 0.29) is 23.7 Å². The molecule has 4 rings (SSSR count). The van der Waals surface area contributed by atoms with Crippen molar-refractivity contribution in [3.63, 3.8) is 0 Å². The molecule has 0 spiro atoms. The highest BCUT2D eigenvalue weighted by Crippen LogP contribution is 2.27. The largest absolute Gasteiger partial charge is 0.508 e. The molecule has 0 radical (unpaired) electrons. The van der Waals surface area contributed by atoms with Crippen LogP contribution in [0.25, 0.3) is 0 Å². The summed E-state index contributed by atoms with van der Waals surface area (Å²) in [5.41, 5.74) is 2.81. The van der Waals surface area contributed by atoms with E-state index in [4.69, 9.17) is 4.74 Å². The molecular formula is C27H28N2O4. The third-order valence-electron chi connectivity index (χ3n) is 6.07. The maximum atomic E-state index is 13.5. The third-order valence-corrected chi connectivity index (χ3v) is 6.07. The van der Waals surface area contributed by atoms with Gasteiger partial charge in [0, 0.05) is 19.1 Å². The Labute approximate surface area is 193 Å². The highest BCUT2D eigenvalue weighted by atomic mass is 16.5. The Morgan fingerprint density at radius 1 is 0.970 bits per heavy atom. The fraction of sp³-hybridized carbons (Fsp3) is 0.259. The second-order valence-corrected chi connectivity index (χ2v) is 8.33. The third kappa shape index (κ3) is 5.41. The average Bonchev–Trinajstić information content (AvgIpc) is 3.23. The molecule has 6 heteroatoms. The van der Waals surface area contributed by atoms with Gasteiger partial charge in [-0.1, -0.05) is 72.8 Å². The van der Waals surface area contributed by atoms with Crippen LogP contribution in [-0.2, 0) is 20.9 Å². The molecule has 170 valence electrons. The number of nitrogens with one attached hydrogen (secondary N) is 1. The lowest BCUT2D eigenvalue weighted by molar-refractivity contribution is -0.146. The van der Waals surface area contributed by atoms with Crippen molar-refractivity contribution < 1.29 is 19.4 Å². The van der Waals surface area contributed by atoms with Gasteiger partial charge in [0.1, 0.15) is 11.8 Å². The van der Waals surface area contributed by atoms with Crippen molar-refractivity contribution in [2.75, 3.05) is 13.7 Å². The van der Waals surface area contributed by atoms with Crippen molar-refractivity contribution in [2.24, 2.45) is 0 Å². The van der Waals surface area contributed by atoms with E-state index in [1.165, 1.54) is 7.11 Å². The first kappa shape index (κ1) is 22.6. The number of rotatable bonds is 7. The van der Waals surface area contributed by atoms with Crippen LogP contribution < -0.4 is 5.32 Å². The molecule has 1 amide bonds. The maximum absolute atomic E-state index is 13.5. The number of likely N-dealkylation sites (tertiary alicyclic amines) is 1. The first-order valence-electron chi connectivity index (χ1n) is 11.0. The van der Waals surface area contributed by atoms with Gasteiger partial charge in [0.25, 0.3) is 0 Å². The van der Waals surface area contributed by atoms with Crippen molar-refractivity contribution in [1.82, 2.24) is 10.2 Å². The standard InChI is InChI=1S/C27H28N2O4/c1-33-27(32)24-16-22(18-29(24)17-19-12-14-23(30)15-13-19)28-26(31)25(20-8-4-2-5-9-20)21-10-6-3-7-11-21/h2-15,22,24-25,30H,16-18H2,1H3,(H,28,31)/t22-,24+/m1/s1. The smallest absolute Gasteiger partial charge is 0.323 e. The highest BCUT2D eigenvalue weighted by molar-refractivity contribution is 5.87. The van der Waals surface area contributed by atoms with E-state index in [0.29, 0.717) is 19.5 Å². The summed E-state index contributed by atoms with van der Waals surface area (Å²) < 4.78 is 5.03. The molecule has 33 heavy (non-hydrogen) atoms. The van der Waals surface area contributed by atoms with Gasteiger partial charge in [-0.25, -0.2) is 0 Å². The van der Waals surface area contributed by atoms with Crippen molar-refractivity contribution in [2.45, 2.75) is 31.0 Å². The molecule has 3 aromatic carbocycles. The van der Waals surface area contributed by atoms with Crippen molar-refractivity contribution >= 4 is 11.9 Å². The van der Waals surface area contributed by atoms with Crippen LogP contribution in [0.1, 0.15) is 29.0 Å². The molecule has 3 aromatic rings. The number of esters is 1. The Balaban J connectivity index is 1.52.